The molecule has 0 aromatic carbocycles. The number of aromatic nitrogens is 2. The number of nitrogens with one attached hydrogen (secondary N) is 2. The van der Waals surface area contributed by atoms with E-state index in [1.807, 2.05) is 0 Å². The molecule has 2 aliphatic heterocycles. The highest BCUT2D eigenvalue weighted by atomic mass is 16.5. The van der Waals surface area contributed by atoms with E-state index in [2.05, 4.69) is 34.0 Å². The zero-order chi connectivity index (χ0) is 17.8. The number of aromatic amines is 1. The van der Waals surface area contributed by atoms with Crippen LogP contribution in [0.15, 0.2) is 10.9 Å². The lowest BCUT2D eigenvalue weighted by molar-refractivity contribution is 0.0894. The number of carbonyl (C=O) groups is 1. The van der Waals surface area contributed by atoms with E-state index < -0.39 is 5.69 Å². The van der Waals surface area contributed by atoms with Crippen LogP contribution in [0.5, 0.6) is 0 Å². The second kappa shape index (κ2) is 8.10. The van der Waals surface area contributed by atoms with Crippen LogP contribution in [0.2, 0.25) is 0 Å². The van der Waals surface area contributed by atoms with E-state index in [1.165, 1.54) is 19.3 Å². The highest BCUT2D eigenvalue weighted by Crippen LogP contribution is 2.19. The number of likely N-dealkylation sites (tertiary alicyclic amines) is 1. The molecule has 1 amide bonds. The van der Waals surface area contributed by atoms with Crippen molar-refractivity contribution in [3.8, 4) is 0 Å². The minimum Gasteiger partial charge on any atom is -0.378 e. The van der Waals surface area contributed by atoms with E-state index in [1.54, 1.807) is 6.07 Å². The van der Waals surface area contributed by atoms with Gasteiger partial charge in [-0.15, -0.1) is 0 Å². The van der Waals surface area contributed by atoms with Crippen LogP contribution in [-0.4, -0.2) is 59.2 Å². The van der Waals surface area contributed by atoms with Gasteiger partial charge in [0.2, 0.25) is 0 Å². The first-order valence-electron chi connectivity index (χ1n) is 9.26. The Labute approximate surface area is 148 Å². The molecule has 7 heteroatoms. The molecule has 0 saturated carbocycles. The first-order valence-corrected chi connectivity index (χ1v) is 9.26. The van der Waals surface area contributed by atoms with Gasteiger partial charge in [0.25, 0.3) is 5.91 Å². The van der Waals surface area contributed by atoms with Crippen LogP contribution in [0.1, 0.15) is 49.3 Å². The molecule has 0 aliphatic carbocycles. The molecule has 25 heavy (non-hydrogen) atoms. The molecule has 1 aromatic rings. The molecule has 3 rings (SSSR count). The van der Waals surface area contributed by atoms with Crippen molar-refractivity contribution in [3.05, 3.63) is 27.9 Å². The summed E-state index contributed by atoms with van der Waals surface area (Å²) < 4.78 is 5.62. The molecule has 138 valence electrons. The molecule has 0 radical (unpaired) electrons. The monoisotopic (exact) mass is 348 g/mol. The zero-order valence-electron chi connectivity index (χ0n) is 15.1. The Hall–Kier alpha value is -1.73. The Bertz CT molecular complexity index is 652. The van der Waals surface area contributed by atoms with Crippen LogP contribution in [0.25, 0.3) is 0 Å². The van der Waals surface area contributed by atoms with Crippen LogP contribution < -0.4 is 11.0 Å². The maximum Gasteiger partial charge on any atom is 0.345 e. The second-order valence-electron chi connectivity index (χ2n) is 7.48. The molecular weight excluding hydrogens is 320 g/mol. The highest BCUT2D eigenvalue weighted by molar-refractivity contribution is 5.92. The van der Waals surface area contributed by atoms with Gasteiger partial charge in [0, 0.05) is 5.69 Å². The van der Waals surface area contributed by atoms with Gasteiger partial charge in [-0.2, -0.15) is 4.98 Å². The summed E-state index contributed by atoms with van der Waals surface area (Å²) in [5.74, 6) is 0.0919. The molecular formula is C18H28N4O3. The number of rotatable bonds is 5. The minimum atomic E-state index is -0.474. The lowest BCUT2D eigenvalue weighted by Crippen LogP contribution is -2.52. The Kier molecular flexibility index (Phi) is 5.86. The summed E-state index contributed by atoms with van der Waals surface area (Å²) in [6.07, 6.45) is 4.38. The fourth-order valence-corrected chi connectivity index (χ4v) is 3.71. The van der Waals surface area contributed by atoms with E-state index in [4.69, 9.17) is 4.74 Å². The average molecular weight is 348 g/mol. The summed E-state index contributed by atoms with van der Waals surface area (Å²) in [6, 6.07) is 1.84. The number of carbonyl (C=O) groups excluding carboxylic acids is 1. The van der Waals surface area contributed by atoms with Crippen molar-refractivity contribution in [2.75, 3.05) is 26.3 Å². The Morgan fingerprint density at radius 3 is 2.84 bits per heavy atom. The molecule has 1 aromatic heterocycles. The Morgan fingerprint density at radius 2 is 2.12 bits per heavy atom. The predicted molar refractivity (Wildman–Crippen MR) is 94.7 cm³/mol. The van der Waals surface area contributed by atoms with Crippen LogP contribution in [0, 0.1) is 5.92 Å². The first-order chi connectivity index (χ1) is 12.0. The fourth-order valence-electron chi connectivity index (χ4n) is 3.71. The number of piperidine rings is 1. The minimum absolute atomic E-state index is 0.0553. The largest absolute Gasteiger partial charge is 0.378 e. The van der Waals surface area contributed by atoms with E-state index in [0.717, 1.165) is 18.8 Å². The van der Waals surface area contributed by atoms with Gasteiger partial charge in [-0.25, -0.2) is 4.79 Å². The summed E-state index contributed by atoms with van der Waals surface area (Å²) in [7, 11) is 0. The molecule has 0 unspecified atom stereocenters. The van der Waals surface area contributed by atoms with Gasteiger partial charge in [0.15, 0.2) is 0 Å². The summed E-state index contributed by atoms with van der Waals surface area (Å²) in [5.41, 5.74) is 0.456. The summed E-state index contributed by atoms with van der Waals surface area (Å²) in [4.78, 5) is 33.4. The zero-order valence-corrected chi connectivity index (χ0v) is 15.1. The highest BCUT2D eigenvalue weighted by Gasteiger charge is 2.35. The predicted octanol–water partition coefficient (Wildman–Crippen LogP) is 0.952. The third-order valence-electron chi connectivity index (χ3n) is 4.89. The Balaban J connectivity index is 1.68. The smallest absolute Gasteiger partial charge is 0.345 e. The van der Waals surface area contributed by atoms with Crippen molar-refractivity contribution in [1.29, 1.82) is 0 Å². The molecule has 2 saturated heterocycles. The van der Waals surface area contributed by atoms with Crippen molar-refractivity contribution >= 4 is 5.91 Å². The van der Waals surface area contributed by atoms with Gasteiger partial charge in [-0.1, -0.05) is 20.3 Å². The van der Waals surface area contributed by atoms with Gasteiger partial charge in [0.1, 0.15) is 5.69 Å². The van der Waals surface area contributed by atoms with E-state index in [0.29, 0.717) is 25.6 Å². The lowest BCUT2D eigenvalue weighted by Gasteiger charge is -2.34. The van der Waals surface area contributed by atoms with Crippen molar-refractivity contribution in [2.24, 2.45) is 5.92 Å². The molecule has 0 spiro atoms. The molecule has 2 fully saturated rings. The van der Waals surface area contributed by atoms with Crippen LogP contribution in [0.4, 0.5) is 0 Å². The number of amides is 1. The standard InChI is InChI=1S/C18H28N4O3/c1-12(2)8-13-9-14(21-18(24)19-13)17(23)20-15-10-25-11-16(15)22-6-4-3-5-7-22/h9,12,15-16H,3-8,10-11H2,1-2H3,(H,20,23)(H,19,21,24)/t15-,16-/m0/s1. The van der Waals surface area contributed by atoms with Crippen molar-refractivity contribution in [2.45, 2.75) is 51.6 Å². The number of hydrogen-bond acceptors (Lipinski definition) is 5. The average Bonchev–Trinajstić information content (AvgIpc) is 3.02. The van der Waals surface area contributed by atoms with E-state index in [-0.39, 0.29) is 23.7 Å². The Morgan fingerprint density at radius 1 is 1.36 bits per heavy atom. The van der Waals surface area contributed by atoms with Crippen molar-refractivity contribution in [3.63, 3.8) is 0 Å². The van der Waals surface area contributed by atoms with Crippen molar-refractivity contribution in [1.82, 2.24) is 20.2 Å². The van der Waals surface area contributed by atoms with Gasteiger partial charge in [0.05, 0.1) is 25.3 Å². The summed E-state index contributed by atoms with van der Waals surface area (Å²) >= 11 is 0. The number of hydrogen-bond donors (Lipinski definition) is 2. The first kappa shape index (κ1) is 18.1. The van der Waals surface area contributed by atoms with E-state index in [9.17, 15) is 9.59 Å². The molecule has 2 N–H and O–H groups in total. The third-order valence-corrected chi connectivity index (χ3v) is 4.89. The molecule has 7 nitrogen and oxygen atoms in total. The van der Waals surface area contributed by atoms with Gasteiger partial charge < -0.3 is 15.0 Å². The molecule has 2 aliphatic rings. The quantitative estimate of drug-likeness (QED) is 0.827. The lowest BCUT2D eigenvalue weighted by atomic mass is 10.0. The normalized spacial score (nSPS) is 24.6. The number of ether oxygens (including phenoxy) is 1. The topological polar surface area (TPSA) is 87.3 Å². The second-order valence-corrected chi connectivity index (χ2v) is 7.48. The maximum atomic E-state index is 12.6. The fraction of sp³-hybridized carbons (Fsp3) is 0.722. The molecule has 2 atom stereocenters. The van der Waals surface area contributed by atoms with Crippen LogP contribution in [-0.2, 0) is 11.2 Å². The van der Waals surface area contributed by atoms with Crippen LogP contribution in [0.3, 0.4) is 0 Å². The maximum absolute atomic E-state index is 12.6. The number of nitrogens with zero attached hydrogens (tertiary/aromatic N) is 2. The number of H-pyrrole nitrogens is 1. The van der Waals surface area contributed by atoms with Gasteiger partial charge in [-0.05, 0) is 44.3 Å². The summed E-state index contributed by atoms with van der Waals surface area (Å²) in [6.45, 7) is 7.40. The van der Waals surface area contributed by atoms with Crippen molar-refractivity contribution < 1.29 is 9.53 Å². The summed E-state index contributed by atoms with van der Waals surface area (Å²) in [5, 5.41) is 3.03. The SMILES string of the molecule is CC(C)Cc1cc(C(=O)N[C@H]2COC[C@@H]2N2CCCCC2)nc(=O)[nH]1. The molecule has 0 bridgehead atoms. The van der Waals surface area contributed by atoms with E-state index >= 15 is 0 Å². The van der Waals surface area contributed by atoms with Gasteiger partial charge >= 0.3 is 5.69 Å². The van der Waals surface area contributed by atoms with Crippen LogP contribution >= 0.6 is 0 Å². The van der Waals surface area contributed by atoms with Gasteiger partial charge in [-0.3, -0.25) is 9.69 Å². The third kappa shape index (κ3) is 4.67. The molecule has 3 heterocycles.